The van der Waals surface area contributed by atoms with Crippen LogP contribution in [0.4, 0.5) is 23.7 Å². The van der Waals surface area contributed by atoms with Crippen molar-refractivity contribution >= 4 is 29.4 Å². The van der Waals surface area contributed by atoms with Crippen LogP contribution in [0.5, 0.6) is 0 Å². The molecule has 2 aromatic rings. The topological polar surface area (TPSA) is 52.7 Å². The largest absolute Gasteiger partial charge is 0.418 e. The number of benzene rings is 2. The number of anilines is 1. The molecule has 2 aliphatic rings. The summed E-state index contributed by atoms with van der Waals surface area (Å²) >= 11 is 1.72. The average molecular weight is 464 g/mol. The molecular formula is C23H24F3N3O2S. The van der Waals surface area contributed by atoms with Crippen LogP contribution in [0.2, 0.25) is 0 Å². The van der Waals surface area contributed by atoms with E-state index in [1.165, 1.54) is 23.1 Å². The Kier molecular flexibility index (Phi) is 6.11. The fraction of sp³-hybridized carbons (Fsp3) is 0.391. The summed E-state index contributed by atoms with van der Waals surface area (Å²) in [5.41, 5.74) is 0.540. The molecule has 0 aliphatic carbocycles. The monoisotopic (exact) mass is 463 g/mol. The molecule has 1 N–H and O–H groups in total. The minimum absolute atomic E-state index is 0.0179. The highest BCUT2D eigenvalue weighted by Gasteiger charge is 2.47. The van der Waals surface area contributed by atoms with Gasteiger partial charge in [0, 0.05) is 31.0 Å². The zero-order valence-electron chi connectivity index (χ0n) is 17.6. The summed E-state index contributed by atoms with van der Waals surface area (Å²) in [5, 5.41) is 2.41. The number of para-hydroxylation sites is 1. The van der Waals surface area contributed by atoms with Gasteiger partial charge in [0.15, 0.2) is 0 Å². The third-order valence-corrected chi connectivity index (χ3v) is 7.55. The van der Waals surface area contributed by atoms with E-state index in [0.717, 1.165) is 17.4 Å². The van der Waals surface area contributed by atoms with Gasteiger partial charge in [-0.2, -0.15) is 13.2 Å². The summed E-state index contributed by atoms with van der Waals surface area (Å²) in [6, 6.07) is 11.9. The number of likely N-dealkylation sites (tertiary alicyclic amines) is 1. The first-order chi connectivity index (χ1) is 15.2. The number of carbonyl (C=O) groups is 2. The smallest absolute Gasteiger partial charge is 0.324 e. The number of hydrogen-bond acceptors (Lipinski definition) is 3. The Bertz CT molecular complexity index is 1020. The molecule has 32 heavy (non-hydrogen) atoms. The minimum Gasteiger partial charge on any atom is -0.324 e. The van der Waals surface area contributed by atoms with Crippen LogP contribution in [0.3, 0.4) is 0 Å². The van der Waals surface area contributed by atoms with E-state index in [9.17, 15) is 22.8 Å². The van der Waals surface area contributed by atoms with E-state index >= 15 is 0 Å². The van der Waals surface area contributed by atoms with Crippen LogP contribution in [-0.2, 0) is 6.18 Å². The highest BCUT2D eigenvalue weighted by molar-refractivity contribution is 8.00. The minimum atomic E-state index is -4.55. The van der Waals surface area contributed by atoms with Crippen molar-refractivity contribution in [3.63, 3.8) is 0 Å². The molecule has 9 heteroatoms. The Morgan fingerprint density at radius 3 is 2.44 bits per heavy atom. The summed E-state index contributed by atoms with van der Waals surface area (Å²) in [6.45, 7) is 3.32. The van der Waals surface area contributed by atoms with Crippen LogP contribution in [0.1, 0.15) is 34.3 Å². The lowest BCUT2D eigenvalue weighted by molar-refractivity contribution is -0.136. The normalized spacial score (nSPS) is 18.1. The molecule has 0 atom stereocenters. The number of nitrogens with one attached hydrogen (secondary N) is 1. The van der Waals surface area contributed by atoms with Crippen molar-refractivity contribution in [2.24, 2.45) is 0 Å². The van der Waals surface area contributed by atoms with Crippen molar-refractivity contribution in [3.05, 3.63) is 65.2 Å². The van der Waals surface area contributed by atoms with Gasteiger partial charge >= 0.3 is 12.2 Å². The molecule has 2 fully saturated rings. The van der Waals surface area contributed by atoms with E-state index in [-0.39, 0.29) is 16.5 Å². The third kappa shape index (κ3) is 4.44. The SMILES string of the molecule is Cc1cccc(C(=O)N2CCSC23CCN(C(=O)Nc2ccccc2C(F)(F)F)CC3)c1. The molecule has 0 aromatic heterocycles. The standard InChI is InChI=1S/C23H24F3N3O2S/c1-16-5-4-6-17(15-16)20(30)29-13-14-32-22(29)9-11-28(12-10-22)21(31)27-19-8-3-2-7-18(19)23(24,25)26/h2-8,15H,9-14H2,1H3,(H,27,31). The van der Waals surface area contributed by atoms with Gasteiger partial charge in [0.05, 0.1) is 16.1 Å². The van der Waals surface area contributed by atoms with Crippen LogP contribution < -0.4 is 5.32 Å². The van der Waals surface area contributed by atoms with Gasteiger partial charge in [0.2, 0.25) is 0 Å². The molecule has 0 radical (unpaired) electrons. The van der Waals surface area contributed by atoms with Crippen molar-refractivity contribution in [2.75, 3.05) is 30.7 Å². The van der Waals surface area contributed by atoms with Crippen LogP contribution in [0, 0.1) is 6.92 Å². The van der Waals surface area contributed by atoms with Gasteiger partial charge in [-0.15, -0.1) is 11.8 Å². The number of nitrogens with zero attached hydrogens (tertiary/aromatic N) is 2. The van der Waals surface area contributed by atoms with Gasteiger partial charge in [-0.1, -0.05) is 29.8 Å². The summed E-state index contributed by atoms with van der Waals surface area (Å²) < 4.78 is 39.7. The summed E-state index contributed by atoms with van der Waals surface area (Å²) in [7, 11) is 0. The van der Waals surface area contributed by atoms with Crippen molar-refractivity contribution in [3.8, 4) is 0 Å². The quantitative estimate of drug-likeness (QED) is 0.664. The summed E-state index contributed by atoms with van der Waals surface area (Å²) in [6.07, 6.45) is -3.40. The van der Waals surface area contributed by atoms with E-state index in [2.05, 4.69) is 5.32 Å². The molecule has 2 saturated heterocycles. The first-order valence-corrected chi connectivity index (χ1v) is 11.4. The Labute approximate surface area is 189 Å². The van der Waals surface area contributed by atoms with E-state index in [4.69, 9.17) is 0 Å². The van der Waals surface area contributed by atoms with E-state index in [0.29, 0.717) is 38.0 Å². The number of urea groups is 1. The van der Waals surface area contributed by atoms with Gasteiger partial charge in [-0.05, 0) is 44.0 Å². The van der Waals surface area contributed by atoms with Crippen molar-refractivity contribution < 1.29 is 22.8 Å². The van der Waals surface area contributed by atoms with E-state index in [1.54, 1.807) is 11.8 Å². The van der Waals surface area contributed by atoms with Gasteiger partial charge in [-0.25, -0.2) is 4.79 Å². The van der Waals surface area contributed by atoms with E-state index < -0.39 is 17.8 Å². The zero-order chi connectivity index (χ0) is 22.9. The number of rotatable bonds is 2. The molecule has 2 heterocycles. The predicted octanol–water partition coefficient (Wildman–Crippen LogP) is 5.23. The Morgan fingerprint density at radius 2 is 1.75 bits per heavy atom. The van der Waals surface area contributed by atoms with Crippen LogP contribution in [0.15, 0.2) is 48.5 Å². The van der Waals surface area contributed by atoms with Crippen molar-refractivity contribution in [1.82, 2.24) is 9.80 Å². The van der Waals surface area contributed by atoms with Crippen molar-refractivity contribution in [2.45, 2.75) is 30.8 Å². The molecule has 1 spiro atoms. The number of halogens is 3. The number of alkyl halides is 3. The zero-order valence-corrected chi connectivity index (χ0v) is 18.4. The summed E-state index contributed by atoms with van der Waals surface area (Å²) in [4.78, 5) is 28.9. The Morgan fingerprint density at radius 1 is 1.03 bits per heavy atom. The molecule has 2 aromatic carbocycles. The first kappa shape index (κ1) is 22.5. The molecule has 170 valence electrons. The molecule has 2 aliphatic heterocycles. The molecule has 0 bridgehead atoms. The van der Waals surface area contributed by atoms with Crippen LogP contribution >= 0.6 is 11.8 Å². The number of hydrogen-bond donors (Lipinski definition) is 1. The number of piperidine rings is 1. The van der Waals surface area contributed by atoms with Gasteiger partial charge in [0.25, 0.3) is 5.91 Å². The maximum absolute atomic E-state index is 13.2. The Balaban J connectivity index is 1.43. The third-order valence-electron chi connectivity index (χ3n) is 5.99. The van der Waals surface area contributed by atoms with Gasteiger partial charge in [0.1, 0.15) is 0 Å². The number of thioether (sulfide) groups is 1. The van der Waals surface area contributed by atoms with Crippen molar-refractivity contribution in [1.29, 1.82) is 0 Å². The number of aryl methyl sites for hydroxylation is 1. The van der Waals surface area contributed by atoms with Gasteiger partial charge in [-0.3, -0.25) is 4.79 Å². The highest BCUT2D eigenvalue weighted by atomic mass is 32.2. The molecule has 5 nitrogen and oxygen atoms in total. The first-order valence-electron chi connectivity index (χ1n) is 10.4. The van der Waals surface area contributed by atoms with E-state index in [1.807, 2.05) is 36.1 Å². The number of carbonyl (C=O) groups excluding carboxylic acids is 2. The second-order valence-electron chi connectivity index (χ2n) is 8.08. The average Bonchev–Trinajstić information content (AvgIpc) is 3.16. The molecule has 0 unspecified atom stereocenters. The fourth-order valence-electron chi connectivity index (χ4n) is 4.34. The second kappa shape index (κ2) is 8.69. The lowest BCUT2D eigenvalue weighted by Crippen LogP contribution is -2.54. The fourth-order valence-corrected chi connectivity index (χ4v) is 5.79. The highest BCUT2D eigenvalue weighted by Crippen LogP contribution is 2.44. The lowest BCUT2D eigenvalue weighted by Gasteiger charge is -2.44. The maximum Gasteiger partial charge on any atom is 0.418 e. The number of amides is 3. The van der Waals surface area contributed by atoms with Gasteiger partial charge < -0.3 is 15.1 Å². The second-order valence-corrected chi connectivity index (χ2v) is 9.54. The van der Waals surface area contributed by atoms with Crippen LogP contribution in [-0.4, -0.2) is 52.0 Å². The summed E-state index contributed by atoms with van der Waals surface area (Å²) in [5.74, 6) is 0.804. The van der Waals surface area contributed by atoms with Crippen LogP contribution in [0.25, 0.3) is 0 Å². The predicted molar refractivity (Wildman–Crippen MR) is 119 cm³/mol. The molecule has 3 amide bonds. The Hall–Kier alpha value is -2.68. The molecular weight excluding hydrogens is 439 g/mol. The molecule has 4 rings (SSSR count). The molecule has 0 saturated carbocycles. The maximum atomic E-state index is 13.2. The lowest BCUT2D eigenvalue weighted by atomic mass is 10.0.